The Morgan fingerprint density at radius 3 is 1.43 bits per heavy atom. The third-order valence-electron chi connectivity index (χ3n) is 1.26. The predicted octanol–water partition coefficient (Wildman–Crippen LogP) is 3.53. The molecule has 2 nitrogen and oxygen atoms in total. The van der Waals surface area contributed by atoms with E-state index in [4.69, 9.17) is 0 Å². The predicted molar refractivity (Wildman–Crippen MR) is 65.0 cm³/mol. The standard InChI is InChI=1S/C12H18N2/c1-9(2)7-13-12(11(5)6)14-8-10(3)4/h7-8H,1,3H2,2,4-6H3. The number of aliphatic imine (C=N–C) groups is 2. The Kier molecular flexibility index (Phi) is 5.46. The minimum atomic E-state index is 0.719. The van der Waals surface area contributed by atoms with Gasteiger partial charge in [0.15, 0.2) is 0 Å². The topological polar surface area (TPSA) is 24.7 Å². The molecule has 0 N–H and O–H groups in total. The van der Waals surface area contributed by atoms with Crippen molar-refractivity contribution in [3.05, 3.63) is 35.7 Å². The van der Waals surface area contributed by atoms with Gasteiger partial charge in [-0.3, -0.25) is 0 Å². The van der Waals surface area contributed by atoms with Crippen LogP contribution in [0.15, 0.2) is 45.7 Å². The summed E-state index contributed by atoms with van der Waals surface area (Å²) in [6, 6.07) is 0. The maximum Gasteiger partial charge on any atom is 0.150 e. The fourth-order valence-electron chi connectivity index (χ4n) is 0.634. The molecule has 0 heterocycles. The third kappa shape index (κ3) is 6.12. The highest BCUT2D eigenvalue weighted by Crippen LogP contribution is 2.06. The van der Waals surface area contributed by atoms with E-state index in [9.17, 15) is 0 Å². The first-order chi connectivity index (χ1) is 6.43. The zero-order chi connectivity index (χ0) is 11.1. The molecule has 14 heavy (non-hydrogen) atoms. The largest absolute Gasteiger partial charge is 0.237 e. The molecule has 0 spiro atoms. The molecule has 0 atom stereocenters. The Labute approximate surface area is 86.5 Å². The summed E-state index contributed by atoms with van der Waals surface area (Å²) in [5.74, 6) is 0.719. The summed E-state index contributed by atoms with van der Waals surface area (Å²) in [6.07, 6.45) is 3.41. The van der Waals surface area contributed by atoms with Gasteiger partial charge in [-0.25, -0.2) is 9.98 Å². The quantitative estimate of drug-likeness (QED) is 0.606. The van der Waals surface area contributed by atoms with E-state index in [2.05, 4.69) is 23.1 Å². The van der Waals surface area contributed by atoms with Crippen LogP contribution in [0.4, 0.5) is 0 Å². The molecule has 0 aromatic rings. The highest BCUT2D eigenvalue weighted by molar-refractivity contribution is 5.80. The molecule has 0 aromatic carbocycles. The van der Waals surface area contributed by atoms with Gasteiger partial charge in [0.05, 0.1) is 0 Å². The number of hydrogen-bond acceptors (Lipinski definition) is 2. The molecular formula is C12H18N2. The molecule has 0 amide bonds. The summed E-state index contributed by atoms with van der Waals surface area (Å²) in [5.41, 5.74) is 2.89. The maximum absolute atomic E-state index is 4.21. The highest BCUT2D eigenvalue weighted by atomic mass is 14.9. The van der Waals surface area contributed by atoms with E-state index in [1.165, 1.54) is 0 Å². The van der Waals surface area contributed by atoms with Crippen molar-refractivity contribution in [2.45, 2.75) is 27.7 Å². The van der Waals surface area contributed by atoms with Gasteiger partial charge in [-0.15, -0.1) is 0 Å². The lowest BCUT2D eigenvalue weighted by Crippen LogP contribution is -1.83. The highest BCUT2D eigenvalue weighted by Gasteiger charge is 1.91. The van der Waals surface area contributed by atoms with E-state index < -0.39 is 0 Å². The number of hydrogen-bond donors (Lipinski definition) is 0. The Bertz CT molecular complexity index is 287. The van der Waals surface area contributed by atoms with Gasteiger partial charge in [0.1, 0.15) is 5.82 Å². The lowest BCUT2D eigenvalue weighted by molar-refractivity contribution is 1.15. The summed E-state index contributed by atoms with van der Waals surface area (Å²) < 4.78 is 0. The van der Waals surface area contributed by atoms with Crippen LogP contribution < -0.4 is 0 Å². The van der Waals surface area contributed by atoms with Gasteiger partial charge < -0.3 is 0 Å². The Morgan fingerprint density at radius 2 is 1.21 bits per heavy atom. The van der Waals surface area contributed by atoms with Crippen molar-refractivity contribution in [3.8, 4) is 0 Å². The van der Waals surface area contributed by atoms with E-state index in [-0.39, 0.29) is 0 Å². The van der Waals surface area contributed by atoms with Crippen LogP contribution in [0.3, 0.4) is 0 Å². The molecule has 0 saturated carbocycles. The lowest BCUT2D eigenvalue weighted by Gasteiger charge is -1.97. The zero-order valence-corrected chi connectivity index (χ0v) is 9.46. The molecule has 0 bridgehead atoms. The van der Waals surface area contributed by atoms with Gasteiger partial charge in [-0.05, 0) is 44.4 Å². The summed E-state index contributed by atoms with van der Waals surface area (Å²) in [5, 5.41) is 0. The van der Waals surface area contributed by atoms with Gasteiger partial charge in [0.25, 0.3) is 0 Å². The fourth-order valence-corrected chi connectivity index (χ4v) is 0.634. The summed E-state index contributed by atoms with van der Waals surface area (Å²) in [7, 11) is 0. The van der Waals surface area contributed by atoms with Crippen molar-refractivity contribution in [2.24, 2.45) is 9.98 Å². The van der Waals surface area contributed by atoms with Crippen LogP contribution in [0.2, 0.25) is 0 Å². The molecule has 0 aliphatic carbocycles. The molecule has 0 unspecified atom stereocenters. The van der Waals surface area contributed by atoms with Crippen LogP contribution in [0.5, 0.6) is 0 Å². The summed E-state index contributed by atoms with van der Waals surface area (Å²) in [6.45, 7) is 15.2. The van der Waals surface area contributed by atoms with Crippen LogP contribution >= 0.6 is 0 Å². The summed E-state index contributed by atoms with van der Waals surface area (Å²) in [4.78, 5) is 8.42. The van der Waals surface area contributed by atoms with Crippen LogP contribution in [-0.2, 0) is 0 Å². The van der Waals surface area contributed by atoms with Crippen molar-refractivity contribution in [3.63, 3.8) is 0 Å². The smallest absolute Gasteiger partial charge is 0.150 e. The second-order valence-electron chi connectivity index (χ2n) is 3.53. The maximum atomic E-state index is 4.21. The van der Waals surface area contributed by atoms with Crippen molar-refractivity contribution in [2.75, 3.05) is 0 Å². The second-order valence-corrected chi connectivity index (χ2v) is 3.53. The fraction of sp³-hybridized carbons (Fsp3) is 0.333. The number of rotatable bonds is 4. The van der Waals surface area contributed by atoms with Crippen molar-refractivity contribution < 1.29 is 0 Å². The molecule has 0 aliphatic heterocycles. The molecular weight excluding hydrogens is 172 g/mol. The first-order valence-corrected chi connectivity index (χ1v) is 4.50. The van der Waals surface area contributed by atoms with Crippen molar-refractivity contribution in [1.29, 1.82) is 0 Å². The average molecular weight is 190 g/mol. The molecule has 0 aromatic heterocycles. The lowest BCUT2D eigenvalue weighted by atomic mass is 10.3. The number of nitrogens with zero attached hydrogens (tertiary/aromatic N) is 2. The Morgan fingerprint density at radius 1 is 0.857 bits per heavy atom. The third-order valence-corrected chi connectivity index (χ3v) is 1.26. The van der Waals surface area contributed by atoms with Gasteiger partial charge in [-0.2, -0.15) is 0 Å². The molecule has 0 saturated heterocycles. The zero-order valence-electron chi connectivity index (χ0n) is 9.46. The van der Waals surface area contributed by atoms with Gasteiger partial charge in [0.2, 0.25) is 0 Å². The van der Waals surface area contributed by atoms with E-state index in [1.54, 1.807) is 12.4 Å². The first kappa shape index (κ1) is 12.6. The van der Waals surface area contributed by atoms with E-state index in [0.29, 0.717) is 0 Å². The minimum absolute atomic E-state index is 0.719. The molecule has 0 radical (unpaired) electrons. The molecule has 2 heteroatoms. The van der Waals surface area contributed by atoms with Crippen LogP contribution in [0, 0.1) is 0 Å². The van der Waals surface area contributed by atoms with Gasteiger partial charge in [-0.1, -0.05) is 13.2 Å². The Balaban J connectivity index is 4.74. The van der Waals surface area contributed by atoms with Gasteiger partial charge >= 0.3 is 0 Å². The summed E-state index contributed by atoms with van der Waals surface area (Å²) >= 11 is 0. The average Bonchev–Trinajstić information content (AvgIpc) is 2.02. The monoisotopic (exact) mass is 190 g/mol. The van der Waals surface area contributed by atoms with Crippen LogP contribution in [0.1, 0.15) is 27.7 Å². The first-order valence-electron chi connectivity index (χ1n) is 4.50. The molecule has 0 fully saturated rings. The SMILES string of the molecule is C=C(C)C=NC(N=CC(=C)C)=C(C)C. The second kappa shape index (κ2) is 6.08. The van der Waals surface area contributed by atoms with Crippen molar-refractivity contribution >= 4 is 12.4 Å². The van der Waals surface area contributed by atoms with E-state index in [1.807, 2.05) is 27.7 Å². The minimum Gasteiger partial charge on any atom is -0.237 e. The van der Waals surface area contributed by atoms with Crippen LogP contribution in [-0.4, -0.2) is 12.4 Å². The van der Waals surface area contributed by atoms with E-state index >= 15 is 0 Å². The number of allylic oxidation sites excluding steroid dienone is 3. The molecule has 0 rings (SSSR count). The normalized spacial score (nSPS) is 10.9. The van der Waals surface area contributed by atoms with Crippen LogP contribution in [0.25, 0.3) is 0 Å². The Hall–Kier alpha value is -1.44. The van der Waals surface area contributed by atoms with Gasteiger partial charge in [0, 0.05) is 12.4 Å². The van der Waals surface area contributed by atoms with E-state index in [0.717, 1.165) is 22.5 Å². The molecule has 76 valence electrons. The molecule has 0 aliphatic rings. The van der Waals surface area contributed by atoms with Crippen molar-refractivity contribution in [1.82, 2.24) is 0 Å².